The molecule has 0 saturated carbocycles. The number of pyridine rings is 3. The van der Waals surface area contributed by atoms with Gasteiger partial charge in [-0.25, -0.2) is 15.0 Å². The molecule has 5 aromatic rings. The van der Waals surface area contributed by atoms with E-state index in [0.717, 1.165) is 42.8 Å². The van der Waals surface area contributed by atoms with Crippen LogP contribution in [0.25, 0.3) is 27.7 Å². The molecule has 0 unspecified atom stereocenters. The number of ether oxygens (including phenoxy) is 2. The van der Waals surface area contributed by atoms with Crippen LogP contribution in [0.2, 0.25) is 10.0 Å². The van der Waals surface area contributed by atoms with Crippen LogP contribution in [0.15, 0.2) is 61.7 Å². The number of benzene rings is 1. The lowest BCUT2D eigenvalue weighted by atomic mass is 10.0. The van der Waals surface area contributed by atoms with E-state index in [1.165, 1.54) is 20.3 Å². The Morgan fingerprint density at radius 3 is 2.47 bits per heavy atom. The minimum atomic E-state index is -0.340. The Balaban J connectivity index is 1.42. The van der Waals surface area contributed by atoms with Crippen LogP contribution in [0, 0.1) is 0 Å². The molecule has 1 aliphatic heterocycles. The SMILES string of the molecule is C=CC(=O)Nc1cc(N2CCNCC2)cnc1Nc1cc2c(cn1)cc(-c1c(Cl)c(OC)cc(OC)c1Cl)c1nccn12. The Hall–Kier alpha value is -4.58. The second-order valence-corrected chi connectivity index (χ2v) is 10.5. The zero-order valence-electron chi connectivity index (χ0n) is 23.4. The molecular weight excluding hydrogens is 591 g/mol. The third kappa shape index (κ3) is 5.38. The molecule has 13 heteroatoms. The van der Waals surface area contributed by atoms with Crippen molar-refractivity contribution in [3.8, 4) is 22.6 Å². The zero-order chi connectivity index (χ0) is 30.1. The molecule has 1 saturated heterocycles. The van der Waals surface area contributed by atoms with E-state index in [2.05, 4.69) is 42.4 Å². The largest absolute Gasteiger partial charge is 0.495 e. The number of nitrogens with one attached hydrogen (secondary N) is 3. The van der Waals surface area contributed by atoms with Crippen LogP contribution in [0.5, 0.6) is 11.5 Å². The van der Waals surface area contributed by atoms with Crippen LogP contribution in [0.4, 0.5) is 23.0 Å². The summed E-state index contributed by atoms with van der Waals surface area (Å²) < 4.78 is 12.9. The molecule has 0 aliphatic carbocycles. The number of imidazole rings is 1. The van der Waals surface area contributed by atoms with Crippen molar-refractivity contribution in [1.29, 1.82) is 0 Å². The van der Waals surface area contributed by atoms with Crippen LogP contribution in [-0.4, -0.2) is 65.7 Å². The number of fused-ring (bicyclic) bond motifs is 3. The van der Waals surface area contributed by atoms with Crippen LogP contribution in [0.3, 0.4) is 0 Å². The number of amides is 1. The van der Waals surface area contributed by atoms with Gasteiger partial charge in [-0.3, -0.25) is 9.20 Å². The highest BCUT2D eigenvalue weighted by molar-refractivity contribution is 6.41. The van der Waals surface area contributed by atoms with Crippen molar-refractivity contribution in [3.63, 3.8) is 0 Å². The van der Waals surface area contributed by atoms with Crippen LogP contribution < -0.4 is 30.3 Å². The highest BCUT2D eigenvalue weighted by Gasteiger charge is 2.22. The Labute approximate surface area is 257 Å². The standard InChI is InChI=1S/C30H28Cl2N8O3/c1-4-25(41)37-20-12-18(39-8-5-33-6-9-39)16-36-29(20)38-24-13-21-17(15-35-24)11-19(30-34-7-10-40(21)30)26-27(31)22(42-2)14-23(43-3)28(26)32/h4,7,10-16,33H,1,5-6,8-9H2,2-3H3,(H,37,41)(H,35,36,38). The van der Waals surface area contributed by atoms with Crippen molar-refractivity contribution in [2.24, 2.45) is 0 Å². The summed E-state index contributed by atoms with van der Waals surface area (Å²) in [5.74, 6) is 1.48. The fourth-order valence-electron chi connectivity index (χ4n) is 5.12. The second-order valence-electron chi connectivity index (χ2n) is 9.74. The number of carbonyl (C=O) groups is 1. The molecule has 0 spiro atoms. The van der Waals surface area contributed by atoms with Gasteiger partial charge in [-0.2, -0.15) is 0 Å². The summed E-state index contributed by atoms with van der Waals surface area (Å²) in [5, 5.41) is 11.0. The number of rotatable bonds is 8. The molecule has 11 nitrogen and oxygen atoms in total. The van der Waals surface area contributed by atoms with E-state index < -0.39 is 0 Å². The molecule has 0 atom stereocenters. The van der Waals surface area contributed by atoms with Crippen LogP contribution >= 0.6 is 23.2 Å². The van der Waals surface area contributed by atoms with E-state index >= 15 is 0 Å². The zero-order valence-corrected chi connectivity index (χ0v) is 25.0. The van der Waals surface area contributed by atoms with Gasteiger partial charge in [-0.1, -0.05) is 29.8 Å². The summed E-state index contributed by atoms with van der Waals surface area (Å²) in [5.41, 5.74) is 4.11. The van der Waals surface area contributed by atoms with E-state index in [1.54, 1.807) is 24.7 Å². The number of piperazine rings is 1. The monoisotopic (exact) mass is 618 g/mol. The van der Waals surface area contributed by atoms with Crippen molar-refractivity contribution in [1.82, 2.24) is 24.7 Å². The number of halogens is 2. The fraction of sp³-hybridized carbons (Fsp3) is 0.200. The van der Waals surface area contributed by atoms with Crippen molar-refractivity contribution in [3.05, 3.63) is 71.8 Å². The Bertz CT molecular complexity index is 1840. The highest BCUT2D eigenvalue weighted by Crippen LogP contribution is 2.47. The van der Waals surface area contributed by atoms with Gasteiger partial charge >= 0.3 is 0 Å². The molecule has 5 heterocycles. The molecule has 1 aliphatic rings. The molecule has 1 aromatic carbocycles. The molecule has 0 bridgehead atoms. The number of carbonyl (C=O) groups excluding carboxylic acids is 1. The van der Waals surface area contributed by atoms with Gasteiger partial charge < -0.3 is 30.3 Å². The molecule has 43 heavy (non-hydrogen) atoms. The smallest absolute Gasteiger partial charge is 0.247 e. The maximum absolute atomic E-state index is 12.3. The number of hydrogen-bond acceptors (Lipinski definition) is 9. The first-order valence-corrected chi connectivity index (χ1v) is 14.2. The lowest BCUT2D eigenvalue weighted by Gasteiger charge is -2.29. The lowest BCUT2D eigenvalue weighted by molar-refractivity contribution is -0.111. The van der Waals surface area contributed by atoms with Gasteiger partial charge in [-0.15, -0.1) is 0 Å². The highest BCUT2D eigenvalue weighted by atomic mass is 35.5. The molecule has 6 rings (SSSR count). The van der Waals surface area contributed by atoms with Gasteiger partial charge in [-0.05, 0) is 18.2 Å². The summed E-state index contributed by atoms with van der Waals surface area (Å²) in [7, 11) is 3.06. The van der Waals surface area contributed by atoms with E-state index in [4.69, 9.17) is 32.7 Å². The van der Waals surface area contributed by atoms with Crippen LogP contribution in [-0.2, 0) is 4.79 Å². The maximum Gasteiger partial charge on any atom is 0.247 e. The molecule has 1 amide bonds. The van der Waals surface area contributed by atoms with Gasteiger partial charge in [0.05, 0.1) is 47.4 Å². The van der Waals surface area contributed by atoms with Gasteiger partial charge in [0.1, 0.15) is 23.0 Å². The van der Waals surface area contributed by atoms with Gasteiger partial charge in [0, 0.05) is 73.4 Å². The summed E-state index contributed by atoms with van der Waals surface area (Å²) in [6, 6.07) is 7.36. The second kappa shape index (κ2) is 12.0. The first-order valence-electron chi connectivity index (χ1n) is 13.4. The summed E-state index contributed by atoms with van der Waals surface area (Å²) in [6.07, 6.45) is 8.29. The third-order valence-electron chi connectivity index (χ3n) is 7.24. The summed E-state index contributed by atoms with van der Waals surface area (Å²) in [4.78, 5) is 28.4. The average Bonchev–Trinajstić information content (AvgIpc) is 3.53. The van der Waals surface area contributed by atoms with E-state index in [-0.39, 0.29) is 5.91 Å². The number of anilines is 4. The molecule has 0 radical (unpaired) electrons. The number of methoxy groups -OCH3 is 2. The average molecular weight is 620 g/mol. The summed E-state index contributed by atoms with van der Waals surface area (Å²) >= 11 is 13.5. The van der Waals surface area contributed by atoms with Crippen molar-refractivity contribution >= 4 is 68.7 Å². The summed E-state index contributed by atoms with van der Waals surface area (Å²) in [6.45, 7) is 7.02. The van der Waals surface area contributed by atoms with E-state index in [9.17, 15) is 4.79 Å². The topological polar surface area (TPSA) is 118 Å². The van der Waals surface area contributed by atoms with Gasteiger partial charge in [0.25, 0.3) is 0 Å². The van der Waals surface area contributed by atoms with Gasteiger partial charge in [0.2, 0.25) is 5.91 Å². The quantitative estimate of drug-likeness (QED) is 0.192. The Morgan fingerprint density at radius 1 is 1.02 bits per heavy atom. The van der Waals surface area contributed by atoms with E-state index in [1.807, 2.05) is 28.8 Å². The normalized spacial score (nSPS) is 13.3. The first kappa shape index (κ1) is 28.5. The molecular formula is C30H28Cl2N8O3. The number of aromatic nitrogens is 4. The minimum absolute atomic E-state index is 0.340. The number of hydrogen-bond donors (Lipinski definition) is 3. The van der Waals surface area contributed by atoms with Crippen molar-refractivity contribution < 1.29 is 14.3 Å². The Kier molecular flexibility index (Phi) is 7.94. The fourth-order valence-corrected chi connectivity index (χ4v) is 5.82. The number of nitrogens with zero attached hydrogens (tertiary/aromatic N) is 5. The minimum Gasteiger partial charge on any atom is -0.495 e. The molecule has 1 fully saturated rings. The first-order chi connectivity index (χ1) is 20.9. The van der Waals surface area contributed by atoms with Crippen molar-refractivity contribution in [2.75, 3.05) is 55.9 Å². The Morgan fingerprint density at radius 2 is 1.77 bits per heavy atom. The van der Waals surface area contributed by atoms with Crippen LogP contribution in [0.1, 0.15) is 0 Å². The molecule has 4 aromatic heterocycles. The molecule has 220 valence electrons. The van der Waals surface area contributed by atoms with Gasteiger partial charge in [0.15, 0.2) is 5.82 Å². The third-order valence-corrected chi connectivity index (χ3v) is 7.99. The predicted octanol–water partition coefficient (Wildman–Crippen LogP) is 5.55. The van der Waals surface area contributed by atoms with Crippen molar-refractivity contribution in [2.45, 2.75) is 0 Å². The predicted molar refractivity (Wildman–Crippen MR) is 170 cm³/mol. The molecule has 3 N–H and O–H groups in total. The van der Waals surface area contributed by atoms with E-state index in [0.29, 0.717) is 55.6 Å². The maximum atomic E-state index is 12.3. The lowest BCUT2D eigenvalue weighted by Crippen LogP contribution is -2.43.